The van der Waals surface area contributed by atoms with E-state index in [9.17, 15) is 9.59 Å². The maximum atomic E-state index is 11.8. The van der Waals surface area contributed by atoms with Crippen LogP contribution in [-0.2, 0) is 16.0 Å². The molecule has 22 heavy (non-hydrogen) atoms. The van der Waals surface area contributed by atoms with Crippen LogP contribution in [0.2, 0.25) is 0 Å². The summed E-state index contributed by atoms with van der Waals surface area (Å²) in [4.78, 5) is 22.6. The second-order valence-electron chi connectivity index (χ2n) is 5.23. The van der Waals surface area contributed by atoms with Crippen molar-refractivity contribution >= 4 is 11.8 Å². The predicted octanol–water partition coefficient (Wildman–Crippen LogP) is 4.05. The van der Waals surface area contributed by atoms with E-state index < -0.39 is 5.97 Å². The van der Waals surface area contributed by atoms with Gasteiger partial charge in [-0.25, -0.2) is 0 Å². The minimum absolute atomic E-state index is 0.194. The zero-order valence-electron chi connectivity index (χ0n) is 13.0. The van der Waals surface area contributed by atoms with Crippen molar-refractivity contribution < 1.29 is 14.3 Å². The second kappa shape index (κ2) is 7.55. The van der Waals surface area contributed by atoms with E-state index in [4.69, 9.17) is 4.74 Å². The lowest BCUT2D eigenvalue weighted by Gasteiger charge is -2.06. The van der Waals surface area contributed by atoms with Crippen molar-refractivity contribution in [2.75, 3.05) is 6.61 Å². The molecule has 0 unspecified atom stereocenters. The van der Waals surface area contributed by atoms with Crippen LogP contribution < -0.4 is 0 Å². The number of ketones is 1. The first kappa shape index (κ1) is 16.0. The van der Waals surface area contributed by atoms with Crippen LogP contribution in [0.5, 0.6) is 0 Å². The topological polar surface area (TPSA) is 43.4 Å². The molecule has 0 spiro atoms. The number of hydrogen-bond donors (Lipinski definition) is 0. The Hall–Kier alpha value is -2.42. The second-order valence-corrected chi connectivity index (χ2v) is 5.23. The zero-order valence-corrected chi connectivity index (χ0v) is 13.0. The third-order valence-electron chi connectivity index (χ3n) is 3.44. The highest BCUT2D eigenvalue weighted by Crippen LogP contribution is 2.21. The summed E-state index contributed by atoms with van der Waals surface area (Å²) in [5, 5.41) is 0. The summed E-state index contributed by atoms with van der Waals surface area (Å²) in [5.74, 6) is -0.641. The summed E-state index contributed by atoms with van der Waals surface area (Å²) in [5.41, 5.74) is 4.07. The van der Waals surface area contributed by atoms with Crippen molar-refractivity contribution in [1.82, 2.24) is 0 Å². The normalized spacial score (nSPS) is 10.3. The van der Waals surface area contributed by atoms with E-state index in [1.54, 1.807) is 12.1 Å². The van der Waals surface area contributed by atoms with Gasteiger partial charge in [-0.1, -0.05) is 61.9 Å². The highest BCUT2D eigenvalue weighted by Gasteiger charge is 2.08. The van der Waals surface area contributed by atoms with Gasteiger partial charge in [0.25, 0.3) is 0 Å². The molecule has 0 bridgehead atoms. The largest absolute Gasteiger partial charge is 0.457 e. The smallest absolute Gasteiger partial charge is 0.303 e. The minimum atomic E-state index is -0.447. The molecule has 0 saturated heterocycles. The monoisotopic (exact) mass is 296 g/mol. The Morgan fingerprint density at radius 2 is 1.45 bits per heavy atom. The lowest BCUT2D eigenvalue weighted by molar-refractivity contribution is -0.139. The lowest BCUT2D eigenvalue weighted by Crippen LogP contribution is -2.11. The molecule has 0 aliphatic carbocycles. The molecule has 0 atom stereocenters. The molecule has 2 aromatic carbocycles. The maximum absolute atomic E-state index is 11.8. The number of hydrogen-bond acceptors (Lipinski definition) is 3. The molecule has 0 aromatic heterocycles. The summed E-state index contributed by atoms with van der Waals surface area (Å²) in [6.07, 6.45) is 2.22. The van der Waals surface area contributed by atoms with Gasteiger partial charge in [0, 0.05) is 12.5 Å². The van der Waals surface area contributed by atoms with E-state index in [1.807, 2.05) is 12.1 Å². The fourth-order valence-corrected chi connectivity index (χ4v) is 2.25. The van der Waals surface area contributed by atoms with Gasteiger partial charge in [-0.15, -0.1) is 0 Å². The van der Waals surface area contributed by atoms with Gasteiger partial charge in [0.2, 0.25) is 0 Å². The van der Waals surface area contributed by atoms with E-state index in [2.05, 4.69) is 31.2 Å². The highest BCUT2D eigenvalue weighted by atomic mass is 16.5. The summed E-state index contributed by atoms with van der Waals surface area (Å²) < 4.78 is 4.72. The summed E-state index contributed by atoms with van der Waals surface area (Å²) in [6.45, 7) is 3.25. The average molecular weight is 296 g/mol. The number of carbonyl (C=O) groups is 2. The van der Waals surface area contributed by atoms with Gasteiger partial charge >= 0.3 is 5.97 Å². The molecular weight excluding hydrogens is 276 g/mol. The molecule has 3 heteroatoms. The van der Waals surface area contributed by atoms with Crippen molar-refractivity contribution in [3.05, 3.63) is 59.7 Å². The maximum Gasteiger partial charge on any atom is 0.303 e. The fourth-order valence-electron chi connectivity index (χ4n) is 2.25. The van der Waals surface area contributed by atoms with Gasteiger partial charge in [0.15, 0.2) is 12.4 Å². The van der Waals surface area contributed by atoms with Crippen LogP contribution in [-0.4, -0.2) is 18.4 Å². The Bertz CT molecular complexity index is 639. The predicted molar refractivity (Wildman–Crippen MR) is 86.8 cm³/mol. The molecular formula is C19H20O3. The minimum Gasteiger partial charge on any atom is -0.457 e. The Kier molecular flexibility index (Phi) is 5.48. The first-order valence-electron chi connectivity index (χ1n) is 7.46. The summed E-state index contributed by atoms with van der Waals surface area (Å²) in [6, 6.07) is 15.8. The summed E-state index contributed by atoms with van der Waals surface area (Å²) >= 11 is 0. The van der Waals surface area contributed by atoms with Crippen LogP contribution in [0, 0.1) is 0 Å². The molecule has 114 valence electrons. The van der Waals surface area contributed by atoms with Gasteiger partial charge in [-0.05, 0) is 23.1 Å². The van der Waals surface area contributed by atoms with E-state index in [1.165, 1.54) is 12.5 Å². The summed E-state index contributed by atoms with van der Waals surface area (Å²) in [7, 11) is 0. The third kappa shape index (κ3) is 4.29. The zero-order chi connectivity index (χ0) is 15.9. The third-order valence-corrected chi connectivity index (χ3v) is 3.44. The molecule has 0 saturated carbocycles. The van der Waals surface area contributed by atoms with E-state index in [0.29, 0.717) is 5.56 Å². The van der Waals surface area contributed by atoms with Crippen LogP contribution in [0.15, 0.2) is 48.5 Å². The number of Topliss-reactive ketones (excluding diaryl/α,β-unsaturated/α-hetero) is 1. The van der Waals surface area contributed by atoms with Gasteiger partial charge in [0.1, 0.15) is 0 Å². The van der Waals surface area contributed by atoms with Crippen LogP contribution >= 0.6 is 0 Å². The van der Waals surface area contributed by atoms with Gasteiger partial charge in [-0.3, -0.25) is 9.59 Å². The van der Waals surface area contributed by atoms with Crippen LogP contribution in [0.25, 0.3) is 11.1 Å². The molecule has 0 aliphatic heterocycles. The first-order valence-corrected chi connectivity index (χ1v) is 7.46. The van der Waals surface area contributed by atoms with Crippen LogP contribution in [0.4, 0.5) is 0 Å². The highest BCUT2D eigenvalue weighted by molar-refractivity contribution is 5.98. The number of benzene rings is 2. The van der Waals surface area contributed by atoms with Gasteiger partial charge in [-0.2, -0.15) is 0 Å². The number of rotatable bonds is 6. The molecule has 0 amide bonds. The molecule has 0 N–H and O–H groups in total. The molecule has 0 fully saturated rings. The number of carbonyl (C=O) groups excluding carboxylic acids is 2. The lowest BCUT2D eigenvalue weighted by atomic mass is 10.0. The molecule has 0 heterocycles. The molecule has 2 aromatic rings. The average Bonchev–Trinajstić information content (AvgIpc) is 2.54. The molecule has 2 rings (SSSR count). The van der Waals surface area contributed by atoms with E-state index >= 15 is 0 Å². The first-order chi connectivity index (χ1) is 10.6. The van der Waals surface area contributed by atoms with Gasteiger partial charge in [0.05, 0.1) is 0 Å². The molecule has 0 aliphatic rings. The Morgan fingerprint density at radius 1 is 0.909 bits per heavy atom. The van der Waals surface area contributed by atoms with Crippen molar-refractivity contribution in [1.29, 1.82) is 0 Å². The number of ether oxygens (including phenoxy) is 1. The van der Waals surface area contributed by atoms with Crippen LogP contribution in [0.1, 0.15) is 36.2 Å². The van der Waals surface area contributed by atoms with Crippen molar-refractivity contribution in [2.24, 2.45) is 0 Å². The van der Waals surface area contributed by atoms with Crippen molar-refractivity contribution in [3.8, 4) is 11.1 Å². The SMILES string of the molecule is CCCc1ccc(-c2ccc(C(=O)COC(C)=O)cc2)cc1. The number of aryl methyl sites for hydroxylation is 1. The van der Waals surface area contributed by atoms with Gasteiger partial charge < -0.3 is 4.74 Å². The van der Waals surface area contributed by atoms with Crippen molar-refractivity contribution in [2.45, 2.75) is 26.7 Å². The number of esters is 1. The Morgan fingerprint density at radius 3 is 1.95 bits per heavy atom. The van der Waals surface area contributed by atoms with Crippen LogP contribution in [0.3, 0.4) is 0 Å². The van der Waals surface area contributed by atoms with Crippen molar-refractivity contribution in [3.63, 3.8) is 0 Å². The standard InChI is InChI=1S/C19H20O3/c1-3-4-15-5-7-16(8-6-15)17-9-11-18(12-10-17)19(21)13-22-14(2)20/h5-12H,3-4,13H2,1-2H3. The molecule has 0 radical (unpaired) electrons. The Labute approximate surface area is 130 Å². The Balaban J connectivity index is 2.07. The fraction of sp³-hybridized carbons (Fsp3) is 0.263. The molecule has 3 nitrogen and oxygen atoms in total. The quantitative estimate of drug-likeness (QED) is 0.596. The van der Waals surface area contributed by atoms with E-state index in [-0.39, 0.29) is 12.4 Å². The van der Waals surface area contributed by atoms with E-state index in [0.717, 1.165) is 24.0 Å².